The number of halogens is 2. The highest BCUT2D eigenvalue weighted by Gasteiger charge is 2.32. The molecule has 1 aromatic carbocycles. The molecule has 1 fully saturated rings. The largest absolute Gasteiger partial charge is 0.349 e. The molecule has 21 heavy (non-hydrogen) atoms. The molecule has 2 rings (SSSR count). The second-order valence-electron chi connectivity index (χ2n) is 6.16. The molecular formula is C14H17BrClNO3S. The average Bonchev–Trinajstić information content (AvgIpc) is 2.67. The van der Waals surface area contributed by atoms with Gasteiger partial charge in [-0.15, -0.1) is 0 Å². The highest BCUT2D eigenvalue weighted by molar-refractivity contribution is 9.10. The summed E-state index contributed by atoms with van der Waals surface area (Å²) in [6.45, 7) is 4.35. The number of benzene rings is 1. The smallest absolute Gasteiger partial charge is 0.261 e. The molecule has 1 saturated carbocycles. The molecule has 1 amide bonds. The van der Waals surface area contributed by atoms with Crippen molar-refractivity contribution in [1.29, 1.82) is 0 Å². The first-order valence-electron chi connectivity index (χ1n) is 6.64. The van der Waals surface area contributed by atoms with E-state index in [4.69, 9.17) is 10.7 Å². The molecule has 0 aliphatic heterocycles. The third kappa shape index (κ3) is 4.20. The molecule has 0 aromatic heterocycles. The molecule has 0 heterocycles. The summed E-state index contributed by atoms with van der Waals surface area (Å²) in [5.74, 6) is -0.285. The first-order chi connectivity index (χ1) is 9.58. The van der Waals surface area contributed by atoms with Crippen molar-refractivity contribution in [3.63, 3.8) is 0 Å². The Hall–Kier alpha value is -0.590. The quantitative estimate of drug-likeness (QED) is 0.795. The lowest BCUT2D eigenvalue weighted by atomic mass is 9.92. The molecule has 116 valence electrons. The van der Waals surface area contributed by atoms with Crippen LogP contribution < -0.4 is 5.32 Å². The van der Waals surface area contributed by atoms with Gasteiger partial charge in [-0.3, -0.25) is 4.79 Å². The van der Waals surface area contributed by atoms with E-state index in [1.807, 2.05) is 0 Å². The van der Waals surface area contributed by atoms with E-state index in [1.54, 1.807) is 0 Å². The second kappa shape index (κ2) is 5.89. The number of nitrogens with one attached hydrogen (secondary N) is 1. The number of hydrogen-bond acceptors (Lipinski definition) is 3. The zero-order valence-electron chi connectivity index (χ0n) is 11.8. The van der Waals surface area contributed by atoms with Crippen LogP contribution in [0.15, 0.2) is 27.6 Å². The Labute approximate surface area is 137 Å². The zero-order valence-corrected chi connectivity index (χ0v) is 15.0. The first kappa shape index (κ1) is 16.8. The Morgan fingerprint density at radius 3 is 2.62 bits per heavy atom. The van der Waals surface area contributed by atoms with Crippen molar-refractivity contribution in [2.45, 2.75) is 44.0 Å². The van der Waals surface area contributed by atoms with Crippen molar-refractivity contribution in [2.24, 2.45) is 5.41 Å². The van der Waals surface area contributed by atoms with Crippen molar-refractivity contribution in [3.05, 3.63) is 28.2 Å². The first-order valence-corrected chi connectivity index (χ1v) is 9.74. The van der Waals surface area contributed by atoms with Crippen LogP contribution in [0.25, 0.3) is 0 Å². The minimum atomic E-state index is -3.85. The van der Waals surface area contributed by atoms with Gasteiger partial charge in [0.15, 0.2) is 0 Å². The van der Waals surface area contributed by atoms with E-state index < -0.39 is 9.05 Å². The Morgan fingerprint density at radius 2 is 2.10 bits per heavy atom. The molecule has 1 unspecified atom stereocenters. The van der Waals surface area contributed by atoms with Gasteiger partial charge in [-0.05, 0) is 58.8 Å². The maximum atomic E-state index is 12.3. The summed E-state index contributed by atoms with van der Waals surface area (Å²) in [7, 11) is 1.47. The Kier molecular flexibility index (Phi) is 4.71. The van der Waals surface area contributed by atoms with E-state index in [0.717, 1.165) is 19.3 Å². The fourth-order valence-electron chi connectivity index (χ4n) is 2.65. The predicted molar refractivity (Wildman–Crippen MR) is 86.1 cm³/mol. The molecule has 1 aliphatic rings. The van der Waals surface area contributed by atoms with Gasteiger partial charge >= 0.3 is 0 Å². The Balaban J connectivity index is 2.20. The molecule has 1 N–H and O–H groups in total. The van der Waals surface area contributed by atoms with Gasteiger partial charge in [0.1, 0.15) is 0 Å². The lowest BCUT2D eigenvalue weighted by Crippen LogP contribution is -2.33. The average molecular weight is 395 g/mol. The molecule has 0 bridgehead atoms. The van der Waals surface area contributed by atoms with Crippen molar-refractivity contribution in [2.75, 3.05) is 0 Å². The maximum Gasteiger partial charge on any atom is 0.261 e. The minimum Gasteiger partial charge on any atom is -0.349 e. The number of hydrogen-bond donors (Lipinski definition) is 1. The lowest BCUT2D eigenvalue weighted by molar-refractivity contribution is 0.0935. The SMILES string of the molecule is CC1(C)CCC(NC(=O)c2cc(S(=O)(=O)Cl)ccc2Br)C1. The van der Waals surface area contributed by atoms with Crippen LogP contribution in [0.3, 0.4) is 0 Å². The van der Waals surface area contributed by atoms with Crippen LogP contribution in [-0.2, 0) is 9.05 Å². The zero-order chi connectivity index (χ0) is 15.8. The van der Waals surface area contributed by atoms with Crippen LogP contribution in [0.1, 0.15) is 43.5 Å². The summed E-state index contributed by atoms with van der Waals surface area (Å²) >= 11 is 3.27. The third-order valence-corrected chi connectivity index (χ3v) is 5.81. The van der Waals surface area contributed by atoms with Crippen molar-refractivity contribution in [1.82, 2.24) is 5.32 Å². The molecule has 1 atom stereocenters. The van der Waals surface area contributed by atoms with Gasteiger partial charge in [0.2, 0.25) is 0 Å². The van der Waals surface area contributed by atoms with Crippen molar-refractivity contribution >= 4 is 41.6 Å². The van der Waals surface area contributed by atoms with Gasteiger partial charge in [-0.1, -0.05) is 13.8 Å². The lowest BCUT2D eigenvalue weighted by Gasteiger charge is -2.18. The summed E-state index contributed by atoms with van der Waals surface area (Å²) in [6, 6.07) is 4.29. The van der Waals surface area contributed by atoms with E-state index in [2.05, 4.69) is 35.1 Å². The van der Waals surface area contributed by atoms with E-state index in [-0.39, 0.29) is 27.8 Å². The highest BCUT2D eigenvalue weighted by Crippen LogP contribution is 2.37. The number of amides is 1. The summed E-state index contributed by atoms with van der Waals surface area (Å²) in [4.78, 5) is 12.3. The maximum absolute atomic E-state index is 12.3. The van der Waals surface area contributed by atoms with Crippen LogP contribution in [0.5, 0.6) is 0 Å². The Morgan fingerprint density at radius 1 is 1.43 bits per heavy atom. The number of carbonyl (C=O) groups is 1. The topological polar surface area (TPSA) is 63.2 Å². The number of rotatable bonds is 3. The van der Waals surface area contributed by atoms with Crippen molar-refractivity contribution in [3.8, 4) is 0 Å². The van der Waals surface area contributed by atoms with Crippen LogP contribution >= 0.6 is 26.6 Å². The molecule has 0 spiro atoms. The van der Waals surface area contributed by atoms with Crippen molar-refractivity contribution < 1.29 is 13.2 Å². The summed E-state index contributed by atoms with van der Waals surface area (Å²) in [6.07, 6.45) is 2.92. The summed E-state index contributed by atoms with van der Waals surface area (Å²) in [5, 5.41) is 2.96. The molecular weight excluding hydrogens is 378 g/mol. The fraction of sp³-hybridized carbons (Fsp3) is 0.500. The van der Waals surface area contributed by atoms with E-state index in [1.165, 1.54) is 18.2 Å². The van der Waals surface area contributed by atoms with Gasteiger partial charge in [-0.25, -0.2) is 8.42 Å². The third-order valence-electron chi connectivity index (χ3n) is 3.77. The van der Waals surface area contributed by atoms with E-state index in [0.29, 0.717) is 4.47 Å². The summed E-state index contributed by atoms with van der Waals surface area (Å²) in [5.41, 5.74) is 0.512. The minimum absolute atomic E-state index is 0.0794. The highest BCUT2D eigenvalue weighted by atomic mass is 79.9. The van der Waals surface area contributed by atoms with Gasteiger partial charge < -0.3 is 5.32 Å². The second-order valence-corrected chi connectivity index (χ2v) is 9.58. The van der Waals surface area contributed by atoms with E-state index >= 15 is 0 Å². The van der Waals surface area contributed by atoms with Gasteiger partial charge in [0, 0.05) is 21.2 Å². The molecule has 4 nitrogen and oxygen atoms in total. The van der Waals surface area contributed by atoms with Gasteiger partial charge in [0.05, 0.1) is 10.5 Å². The number of carbonyl (C=O) groups excluding carboxylic acids is 1. The molecule has 1 aromatic rings. The normalized spacial score (nSPS) is 21.2. The molecule has 0 saturated heterocycles. The van der Waals surface area contributed by atoms with Gasteiger partial charge in [-0.2, -0.15) is 0 Å². The standard InChI is InChI=1S/C14H17BrClNO3S/c1-14(2)6-5-9(8-14)17-13(18)11-7-10(21(16,19)20)3-4-12(11)15/h3-4,7,9H,5-6,8H2,1-2H3,(H,17,18). The summed E-state index contributed by atoms with van der Waals surface area (Å²) < 4.78 is 23.3. The monoisotopic (exact) mass is 393 g/mol. The van der Waals surface area contributed by atoms with E-state index in [9.17, 15) is 13.2 Å². The molecule has 0 radical (unpaired) electrons. The fourth-order valence-corrected chi connectivity index (χ4v) is 3.86. The molecule has 7 heteroatoms. The predicted octanol–water partition coefficient (Wildman–Crippen LogP) is 3.69. The molecule has 1 aliphatic carbocycles. The Bertz CT molecular complexity index is 673. The van der Waals surface area contributed by atoms with Crippen LogP contribution in [-0.4, -0.2) is 20.4 Å². The van der Waals surface area contributed by atoms with Crippen LogP contribution in [0, 0.1) is 5.41 Å². The van der Waals surface area contributed by atoms with Crippen LogP contribution in [0.2, 0.25) is 0 Å². The van der Waals surface area contributed by atoms with Crippen LogP contribution in [0.4, 0.5) is 0 Å². The van der Waals surface area contributed by atoms with Gasteiger partial charge in [0.25, 0.3) is 15.0 Å².